The van der Waals surface area contributed by atoms with E-state index < -0.39 is 22.0 Å². The molecule has 1 saturated heterocycles. The van der Waals surface area contributed by atoms with Crippen molar-refractivity contribution in [3.63, 3.8) is 0 Å². The molecule has 0 saturated carbocycles. The number of aryl methyl sites for hydroxylation is 1. The van der Waals surface area contributed by atoms with Crippen molar-refractivity contribution < 1.29 is 22.7 Å². The topological polar surface area (TPSA) is 117 Å². The minimum Gasteiger partial charge on any atom is -0.455 e. The van der Waals surface area contributed by atoms with Gasteiger partial charge in [0.15, 0.2) is 5.75 Å². The predicted octanol–water partition coefficient (Wildman–Crippen LogP) is 3.22. The zero-order valence-corrected chi connectivity index (χ0v) is 19.7. The van der Waals surface area contributed by atoms with Crippen LogP contribution in [0.4, 0.5) is 10.5 Å². The summed E-state index contributed by atoms with van der Waals surface area (Å²) < 4.78 is 33.7. The lowest BCUT2D eigenvalue weighted by atomic mass is 10.2. The summed E-state index contributed by atoms with van der Waals surface area (Å²) in [6.07, 6.45) is 2.68. The number of piperidine rings is 1. The third-order valence-corrected chi connectivity index (χ3v) is 7.05. The fourth-order valence-electron chi connectivity index (χ4n) is 3.51. The summed E-state index contributed by atoms with van der Waals surface area (Å²) in [7, 11) is -3.67. The predicted molar refractivity (Wildman–Crippen MR) is 126 cm³/mol. The molecule has 0 aromatic heterocycles. The summed E-state index contributed by atoms with van der Waals surface area (Å²) in [5, 5.41) is 7.60. The highest BCUT2D eigenvalue weighted by molar-refractivity contribution is 7.89. The highest BCUT2D eigenvalue weighted by atomic mass is 32.2. The number of nitrogens with one attached hydrogen (secondary N) is 3. The molecule has 3 rings (SSSR count). The second-order valence-electron chi connectivity index (χ2n) is 7.80. The second kappa shape index (κ2) is 11.2. The molecule has 0 radical (unpaired) electrons. The first-order valence-corrected chi connectivity index (χ1v) is 12.4. The largest absolute Gasteiger partial charge is 0.455 e. The Balaban J connectivity index is 1.85. The van der Waals surface area contributed by atoms with E-state index in [1.165, 1.54) is 16.4 Å². The Labute approximate surface area is 194 Å². The van der Waals surface area contributed by atoms with Gasteiger partial charge in [-0.1, -0.05) is 18.6 Å². The van der Waals surface area contributed by atoms with Crippen LogP contribution in [-0.4, -0.2) is 50.8 Å². The third kappa shape index (κ3) is 6.69. The molecule has 0 spiro atoms. The van der Waals surface area contributed by atoms with E-state index in [4.69, 9.17) is 4.74 Å². The number of imide groups is 1. The molecule has 2 aromatic rings. The van der Waals surface area contributed by atoms with Gasteiger partial charge >= 0.3 is 6.03 Å². The number of hydrogen-bond donors (Lipinski definition) is 3. The van der Waals surface area contributed by atoms with Crippen molar-refractivity contribution >= 4 is 27.6 Å². The van der Waals surface area contributed by atoms with Crippen molar-refractivity contribution in [1.29, 1.82) is 0 Å². The molecule has 0 atom stereocenters. The molecule has 33 heavy (non-hydrogen) atoms. The van der Waals surface area contributed by atoms with Crippen molar-refractivity contribution in [3.8, 4) is 11.5 Å². The number of anilines is 1. The number of urea groups is 1. The lowest BCUT2D eigenvalue weighted by molar-refractivity contribution is -0.118. The van der Waals surface area contributed by atoms with Gasteiger partial charge in [0.1, 0.15) is 5.75 Å². The van der Waals surface area contributed by atoms with Crippen molar-refractivity contribution in [2.45, 2.75) is 38.0 Å². The molecule has 10 heteroatoms. The summed E-state index contributed by atoms with van der Waals surface area (Å²) >= 11 is 0. The normalized spacial score (nSPS) is 14.4. The summed E-state index contributed by atoms with van der Waals surface area (Å²) in [6, 6.07) is 11.4. The maximum atomic E-state index is 13.1. The fraction of sp³-hybridized carbons (Fsp3) is 0.391. The Morgan fingerprint density at radius 3 is 2.52 bits per heavy atom. The molecule has 9 nitrogen and oxygen atoms in total. The van der Waals surface area contributed by atoms with Crippen LogP contribution < -0.4 is 20.7 Å². The van der Waals surface area contributed by atoms with Crippen molar-refractivity contribution in [2.24, 2.45) is 0 Å². The maximum Gasteiger partial charge on any atom is 0.321 e. The molecule has 178 valence electrons. The zero-order chi connectivity index (χ0) is 23.8. The molecule has 2 aromatic carbocycles. The van der Waals surface area contributed by atoms with E-state index in [9.17, 15) is 18.0 Å². The van der Waals surface area contributed by atoms with Crippen LogP contribution in [0.5, 0.6) is 11.5 Å². The van der Waals surface area contributed by atoms with Crippen LogP contribution in [0, 0.1) is 6.92 Å². The SMILES string of the molecule is CCNC(=O)NC(=O)CNc1cc(S(=O)(=O)N2CCCCC2)ccc1Oc1cccc(C)c1. The van der Waals surface area contributed by atoms with Gasteiger partial charge in [0.2, 0.25) is 15.9 Å². The molecule has 1 heterocycles. The number of ether oxygens (including phenoxy) is 1. The molecule has 1 aliphatic rings. The molecule has 0 aliphatic carbocycles. The Morgan fingerprint density at radius 2 is 1.82 bits per heavy atom. The number of benzene rings is 2. The Kier molecular flexibility index (Phi) is 8.29. The average molecular weight is 475 g/mol. The standard InChI is InChI=1S/C23H30N4O5S/c1-3-24-23(29)26-22(28)16-25-20-15-19(33(30,31)27-12-5-4-6-13-27)10-11-21(20)32-18-9-7-8-17(2)14-18/h7-11,14-15,25H,3-6,12-13,16H2,1-2H3,(H2,24,26,28,29). The number of sulfonamides is 1. The quantitative estimate of drug-likeness (QED) is 0.541. The van der Waals surface area contributed by atoms with Crippen LogP contribution in [-0.2, 0) is 14.8 Å². The van der Waals surface area contributed by atoms with Crippen molar-refractivity contribution in [2.75, 3.05) is 31.5 Å². The Hall–Kier alpha value is -3.11. The van der Waals surface area contributed by atoms with Crippen LogP contribution in [0.2, 0.25) is 0 Å². The smallest absolute Gasteiger partial charge is 0.321 e. The van der Waals surface area contributed by atoms with Gasteiger partial charge < -0.3 is 15.4 Å². The minimum atomic E-state index is -3.67. The Bertz CT molecular complexity index is 1100. The van der Waals surface area contributed by atoms with E-state index in [-0.39, 0.29) is 11.4 Å². The molecule has 1 aliphatic heterocycles. The zero-order valence-electron chi connectivity index (χ0n) is 18.9. The third-order valence-electron chi connectivity index (χ3n) is 5.15. The van der Waals surface area contributed by atoms with Gasteiger partial charge in [0, 0.05) is 19.6 Å². The van der Waals surface area contributed by atoms with Crippen LogP contribution in [0.3, 0.4) is 0 Å². The first-order chi connectivity index (χ1) is 15.8. The number of amides is 3. The van der Waals surface area contributed by atoms with E-state index in [1.54, 1.807) is 19.1 Å². The fourth-order valence-corrected chi connectivity index (χ4v) is 5.05. The van der Waals surface area contributed by atoms with Crippen LogP contribution >= 0.6 is 0 Å². The number of carbonyl (C=O) groups is 2. The van der Waals surface area contributed by atoms with Gasteiger partial charge in [-0.2, -0.15) is 4.31 Å². The van der Waals surface area contributed by atoms with Crippen LogP contribution in [0.25, 0.3) is 0 Å². The van der Waals surface area contributed by atoms with Gasteiger partial charge in [-0.3, -0.25) is 10.1 Å². The highest BCUT2D eigenvalue weighted by Crippen LogP contribution is 2.33. The van der Waals surface area contributed by atoms with E-state index in [2.05, 4.69) is 16.0 Å². The number of nitrogens with zero attached hydrogens (tertiary/aromatic N) is 1. The molecular weight excluding hydrogens is 444 g/mol. The lowest BCUT2D eigenvalue weighted by Gasteiger charge is -2.26. The lowest BCUT2D eigenvalue weighted by Crippen LogP contribution is -2.41. The second-order valence-corrected chi connectivity index (χ2v) is 9.74. The van der Waals surface area contributed by atoms with Gasteiger partial charge in [-0.15, -0.1) is 0 Å². The first kappa shape index (κ1) is 24.5. The molecule has 0 unspecified atom stereocenters. The van der Waals surface area contributed by atoms with Gasteiger partial charge in [0.25, 0.3) is 0 Å². The minimum absolute atomic E-state index is 0.118. The van der Waals surface area contributed by atoms with Gasteiger partial charge in [0.05, 0.1) is 17.1 Å². The molecule has 1 fully saturated rings. The van der Waals surface area contributed by atoms with E-state index in [0.29, 0.717) is 36.8 Å². The maximum absolute atomic E-state index is 13.1. The van der Waals surface area contributed by atoms with E-state index in [1.807, 2.05) is 25.1 Å². The average Bonchev–Trinajstić information content (AvgIpc) is 2.79. The summed E-state index contributed by atoms with van der Waals surface area (Å²) in [5.41, 5.74) is 1.34. The molecule has 0 bridgehead atoms. The number of hydrogen-bond acceptors (Lipinski definition) is 6. The molecule has 3 amide bonds. The van der Waals surface area contributed by atoms with Crippen molar-refractivity contribution in [1.82, 2.24) is 14.9 Å². The van der Waals surface area contributed by atoms with Crippen molar-refractivity contribution in [3.05, 3.63) is 48.0 Å². The summed E-state index contributed by atoms with van der Waals surface area (Å²) in [4.78, 5) is 23.8. The van der Waals surface area contributed by atoms with E-state index in [0.717, 1.165) is 24.8 Å². The number of carbonyl (C=O) groups excluding carboxylic acids is 2. The van der Waals surface area contributed by atoms with Crippen LogP contribution in [0.15, 0.2) is 47.4 Å². The van der Waals surface area contributed by atoms with Crippen LogP contribution in [0.1, 0.15) is 31.7 Å². The summed E-state index contributed by atoms with van der Waals surface area (Å²) in [5.74, 6) is 0.382. The van der Waals surface area contributed by atoms with Gasteiger partial charge in [-0.05, 0) is 62.6 Å². The highest BCUT2D eigenvalue weighted by Gasteiger charge is 2.27. The Morgan fingerprint density at radius 1 is 1.06 bits per heavy atom. The summed E-state index contributed by atoms with van der Waals surface area (Å²) in [6.45, 7) is 4.80. The number of rotatable bonds is 8. The first-order valence-electron chi connectivity index (χ1n) is 11.0. The molecular formula is C23H30N4O5S. The van der Waals surface area contributed by atoms with Gasteiger partial charge in [-0.25, -0.2) is 13.2 Å². The monoisotopic (exact) mass is 474 g/mol. The molecule has 3 N–H and O–H groups in total. The van der Waals surface area contributed by atoms with E-state index >= 15 is 0 Å².